The Hall–Kier alpha value is -0.130. The average Bonchev–Trinajstić information content (AvgIpc) is 2.11. The van der Waals surface area contributed by atoms with Gasteiger partial charge in [0.2, 0.25) is 0 Å². The summed E-state index contributed by atoms with van der Waals surface area (Å²) < 4.78 is 24.7. The van der Waals surface area contributed by atoms with Crippen LogP contribution in [0.1, 0.15) is 4.88 Å². The zero-order chi connectivity index (χ0) is 7.78. The molecule has 1 rings (SSSR count). The molecule has 0 fully saturated rings. The van der Waals surface area contributed by atoms with Crippen LogP contribution in [0.2, 0.25) is 0 Å². The minimum Gasteiger partial charge on any atom is -0.205 e. The molecular weight excluding hydrogens is 194 g/mol. The molecule has 0 aliphatic rings. The number of halogens is 1. The van der Waals surface area contributed by atoms with Crippen LogP contribution in [-0.4, -0.2) is 12.8 Å². The van der Waals surface area contributed by atoms with Crippen molar-refractivity contribution in [2.24, 2.45) is 0 Å². The largest absolute Gasteiger partial charge is 0.279 e. The fourth-order valence-corrected chi connectivity index (χ4v) is 2.16. The standard InChI is InChI=1S/C4H4ClNO2S2/c1-3-2-4(6-9-3)10(5,7)8/h2H,1H3. The molecule has 0 radical (unpaired) electrons. The van der Waals surface area contributed by atoms with E-state index in [0.717, 1.165) is 16.4 Å². The first kappa shape index (κ1) is 7.97. The molecule has 3 nitrogen and oxygen atoms in total. The first-order chi connectivity index (χ1) is 4.50. The fourth-order valence-electron chi connectivity index (χ4n) is 0.458. The lowest BCUT2D eigenvalue weighted by Gasteiger charge is -1.82. The predicted molar refractivity (Wildman–Crippen MR) is 39.9 cm³/mol. The fraction of sp³-hybridized carbons (Fsp3) is 0.250. The van der Waals surface area contributed by atoms with Crippen molar-refractivity contribution in [2.75, 3.05) is 0 Å². The summed E-state index contributed by atoms with van der Waals surface area (Å²) in [5.74, 6) is 0. The first-order valence-corrected chi connectivity index (χ1v) is 5.46. The van der Waals surface area contributed by atoms with Gasteiger partial charge in [-0.15, -0.1) is 0 Å². The highest BCUT2D eigenvalue weighted by Gasteiger charge is 2.12. The molecule has 1 heterocycles. The van der Waals surface area contributed by atoms with Crippen LogP contribution in [0.4, 0.5) is 0 Å². The summed E-state index contributed by atoms with van der Waals surface area (Å²) in [4.78, 5) is 0.833. The Balaban J connectivity index is 3.21. The smallest absolute Gasteiger partial charge is 0.205 e. The molecule has 0 atom stereocenters. The summed E-state index contributed by atoms with van der Waals surface area (Å²) in [7, 11) is 1.38. The van der Waals surface area contributed by atoms with Gasteiger partial charge in [-0.05, 0) is 24.5 Å². The van der Waals surface area contributed by atoms with Crippen LogP contribution in [0.15, 0.2) is 11.1 Å². The normalized spacial score (nSPS) is 11.8. The van der Waals surface area contributed by atoms with E-state index in [-0.39, 0.29) is 5.03 Å². The summed E-state index contributed by atoms with van der Waals surface area (Å²) >= 11 is 1.12. The zero-order valence-electron chi connectivity index (χ0n) is 5.04. The lowest BCUT2D eigenvalue weighted by atomic mass is 10.6. The molecule has 0 bridgehead atoms. The van der Waals surface area contributed by atoms with Gasteiger partial charge in [0.05, 0.1) is 0 Å². The Kier molecular flexibility index (Phi) is 1.98. The first-order valence-electron chi connectivity index (χ1n) is 2.38. The highest BCUT2D eigenvalue weighted by molar-refractivity contribution is 8.13. The summed E-state index contributed by atoms with van der Waals surface area (Å²) in [6.07, 6.45) is 0. The highest BCUT2D eigenvalue weighted by Crippen LogP contribution is 2.16. The molecule has 0 unspecified atom stereocenters. The minimum atomic E-state index is -3.61. The Morgan fingerprint density at radius 3 is 2.50 bits per heavy atom. The number of hydrogen-bond acceptors (Lipinski definition) is 4. The Bertz CT molecular complexity index is 329. The van der Waals surface area contributed by atoms with Crippen molar-refractivity contribution >= 4 is 31.3 Å². The van der Waals surface area contributed by atoms with Crippen LogP contribution < -0.4 is 0 Å². The maximum absolute atomic E-state index is 10.6. The molecule has 10 heavy (non-hydrogen) atoms. The van der Waals surface area contributed by atoms with Gasteiger partial charge in [0.15, 0.2) is 5.03 Å². The zero-order valence-corrected chi connectivity index (χ0v) is 7.42. The van der Waals surface area contributed by atoms with E-state index in [9.17, 15) is 8.42 Å². The lowest BCUT2D eigenvalue weighted by Crippen LogP contribution is -1.88. The Morgan fingerprint density at radius 2 is 2.30 bits per heavy atom. The van der Waals surface area contributed by atoms with Crippen molar-refractivity contribution in [3.8, 4) is 0 Å². The van der Waals surface area contributed by atoms with Gasteiger partial charge in [-0.2, -0.15) is 4.37 Å². The molecule has 0 saturated carbocycles. The van der Waals surface area contributed by atoms with E-state index < -0.39 is 9.05 Å². The van der Waals surface area contributed by atoms with Gasteiger partial charge in [0, 0.05) is 15.6 Å². The van der Waals surface area contributed by atoms with Crippen LogP contribution in [0.5, 0.6) is 0 Å². The van der Waals surface area contributed by atoms with Crippen LogP contribution in [-0.2, 0) is 9.05 Å². The molecule has 0 aliphatic carbocycles. The molecule has 0 amide bonds. The van der Waals surface area contributed by atoms with Crippen molar-refractivity contribution in [3.63, 3.8) is 0 Å². The van der Waals surface area contributed by atoms with Crippen molar-refractivity contribution in [2.45, 2.75) is 11.9 Å². The van der Waals surface area contributed by atoms with E-state index in [1.54, 1.807) is 6.92 Å². The molecule has 56 valence electrons. The molecule has 0 spiro atoms. The number of nitrogens with zero attached hydrogens (tertiary/aromatic N) is 1. The average molecular weight is 198 g/mol. The molecule has 0 aromatic carbocycles. The summed E-state index contributed by atoms with van der Waals surface area (Å²) in [5.41, 5.74) is 0. The molecule has 0 saturated heterocycles. The SMILES string of the molecule is Cc1cc(S(=O)(=O)Cl)ns1. The second-order valence-corrected chi connectivity index (χ2v) is 5.24. The van der Waals surface area contributed by atoms with Crippen molar-refractivity contribution in [1.82, 2.24) is 4.37 Å². The van der Waals surface area contributed by atoms with Gasteiger partial charge in [0.1, 0.15) is 0 Å². The third-order valence-corrected chi connectivity index (χ3v) is 2.85. The topological polar surface area (TPSA) is 47.0 Å². The number of hydrogen-bond donors (Lipinski definition) is 0. The van der Waals surface area contributed by atoms with Gasteiger partial charge < -0.3 is 0 Å². The van der Waals surface area contributed by atoms with Crippen molar-refractivity contribution in [3.05, 3.63) is 10.9 Å². The summed E-state index contributed by atoms with van der Waals surface area (Å²) in [6.45, 7) is 1.77. The molecule has 1 aromatic heterocycles. The van der Waals surface area contributed by atoms with Gasteiger partial charge >= 0.3 is 0 Å². The maximum atomic E-state index is 10.6. The molecule has 6 heteroatoms. The molecular formula is C4H4ClNO2S2. The minimum absolute atomic E-state index is 0.0586. The maximum Gasteiger partial charge on any atom is 0.279 e. The van der Waals surface area contributed by atoms with E-state index in [1.165, 1.54) is 6.07 Å². The summed E-state index contributed by atoms with van der Waals surface area (Å²) in [6, 6.07) is 1.44. The lowest BCUT2D eigenvalue weighted by molar-refractivity contribution is 0.607. The summed E-state index contributed by atoms with van der Waals surface area (Å²) in [5, 5.41) is -0.0586. The number of rotatable bonds is 1. The van der Waals surface area contributed by atoms with Crippen LogP contribution in [0, 0.1) is 6.92 Å². The van der Waals surface area contributed by atoms with E-state index in [0.29, 0.717) is 0 Å². The molecule has 1 aromatic rings. The monoisotopic (exact) mass is 197 g/mol. The van der Waals surface area contributed by atoms with Crippen LogP contribution in [0.25, 0.3) is 0 Å². The quantitative estimate of drug-likeness (QED) is 0.639. The van der Waals surface area contributed by atoms with E-state index in [4.69, 9.17) is 10.7 Å². The second-order valence-electron chi connectivity index (χ2n) is 1.71. The van der Waals surface area contributed by atoms with Gasteiger partial charge in [-0.25, -0.2) is 8.42 Å². The third kappa shape index (κ3) is 1.68. The van der Waals surface area contributed by atoms with Crippen molar-refractivity contribution < 1.29 is 8.42 Å². The van der Waals surface area contributed by atoms with Gasteiger partial charge in [-0.3, -0.25) is 0 Å². The van der Waals surface area contributed by atoms with E-state index in [1.807, 2.05) is 0 Å². The van der Waals surface area contributed by atoms with Gasteiger partial charge in [0.25, 0.3) is 9.05 Å². The van der Waals surface area contributed by atoms with E-state index >= 15 is 0 Å². The predicted octanol–water partition coefficient (Wildman–Crippen LogP) is 1.38. The third-order valence-electron chi connectivity index (χ3n) is 0.856. The Labute approximate surface area is 67.2 Å². The number of aryl methyl sites for hydroxylation is 1. The van der Waals surface area contributed by atoms with Crippen molar-refractivity contribution in [1.29, 1.82) is 0 Å². The number of aromatic nitrogens is 1. The molecule has 0 N–H and O–H groups in total. The molecule has 0 aliphatic heterocycles. The van der Waals surface area contributed by atoms with Crippen LogP contribution >= 0.6 is 22.2 Å². The van der Waals surface area contributed by atoms with Gasteiger partial charge in [-0.1, -0.05) is 0 Å². The second kappa shape index (κ2) is 2.48. The Morgan fingerprint density at radius 1 is 1.70 bits per heavy atom. The highest BCUT2D eigenvalue weighted by atomic mass is 35.7. The van der Waals surface area contributed by atoms with E-state index in [2.05, 4.69) is 4.37 Å². The van der Waals surface area contributed by atoms with Crippen LogP contribution in [0.3, 0.4) is 0 Å².